The number of rotatable bonds is 4. The van der Waals surface area contributed by atoms with Crippen LogP contribution in [0.1, 0.15) is 19.4 Å². The SMILES string of the molecule is CC1(C)OC(=O)C(=CNc2cc(Oc3c(F)cc(C(F)(F)F)cc3F)ccc2F)C(=O)O1. The molecule has 0 unspecified atom stereocenters. The minimum atomic E-state index is -4.97. The van der Waals surface area contributed by atoms with E-state index < -0.39 is 63.9 Å². The van der Waals surface area contributed by atoms with Crippen LogP contribution in [0.3, 0.4) is 0 Å². The minimum Gasteiger partial charge on any atom is -0.451 e. The second-order valence-corrected chi connectivity index (χ2v) is 6.89. The second-order valence-electron chi connectivity index (χ2n) is 6.89. The van der Waals surface area contributed by atoms with Gasteiger partial charge in [-0.15, -0.1) is 0 Å². The average Bonchev–Trinajstić information content (AvgIpc) is 2.64. The van der Waals surface area contributed by atoms with Gasteiger partial charge in [-0.1, -0.05) is 0 Å². The lowest BCUT2D eigenvalue weighted by Gasteiger charge is -2.29. The van der Waals surface area contributed by atoms with Gasteiger partial charge in [0, 0.05) is 26.1 Å². The first-order valence-electron chi connectivity index (χ1n) is 8.74. The fourth-order valence-electron chi connectivity index (χ4n) is 2.55. The molecule has 2 aromatic rings. The summed E-state index contributed by atoms with van der Waals surface area (Å²) in [6, 6.07) is 2.76. The largest absolute Gasteiger partial charge is 0.451 e. The molecule has 1 N–H and O–H groups in total. The van der Waals surface area contributed by atoms with Crippen LogP contribution in [0.5, 0.6) is 11.5 Å². The van der Waals surface area contributed by atoms with Gasteiger partial charge in [0.1, 0.15) is 11.6 Å². The van der Waals surface area contributed by atoms with Crippen LogP contribution in [0.2, 0.25) is 0 Å². The summed E-state index contributed by atoms with van der Waals surface area (Å²) in [5.74, 6) is -9.25. The van der Waals surface area contributed by atoms with Crippen LogP contribution in [0.4, 0.5) is 32.0 Å². The third kappa shape index (κ3) is 4.95. The van der Waals surface area contributed by atoms with E-state index in [9.17, 15) is 35.9 Å². The molecule has 1 saturated heterocycles. The molecule has 1 heterocycles. The first kappa shape index (κ1) is 23.0. The van der Waals surface area contributed by atoms with E-state index in [1.807, 2.05) is 0 Å². The number of carbonyl (C=O) groups excluding carboxylic acids is 2. The van der Waals surface area contributed by atoms with Crippen LogP contribution in [-0.2, 0) is 25.2 Å². The Bertz CT molecular complexity index is 1080. The highest BCUT2D eigenvalue weighted by Crippen LogP contribution is 2.36. The van der Waals surface area contributed by atoms with Crippen LogP contribution >= 0.6 is 0 Å². The first-order chi connectivity index (χ1) is 14.8. The maximum Gasteiger partial charge on any atom is 0.416 e. The van der Waals surface area contributed by atoms with Crippen molar-refractivity contribution in [2.75, 3.05) is 5.32 Å². The second kappa shape index (κ2) is 8.09. The maximum absolute atomic E-state index is 14.1. The molecule has 12 heteroatoms. The lowest BCUT2D eigenvalue weighted by Crippen LogP contribution is -2.42. The smallest absolute Gasteiger partial charge is 0.416 e. The first-order valence-corrected chi connectivity index (χ1v) is 8.74. The third-order valence-electron chi connectivity index (χ3n) is 3.97. The topological polar surface area (TPSA) is 73.9 Å². The van der Waals surface area contributed by atoms with Crippen LogP contribution in [-0.4, -0.2) is 17.7 Å². The number of ether oxygens (including phenoxy) is 3. The zero-order valence-corrected chi connectivity index (χ0v) is 16.3. The van der Waals surface area contributed by atoms with Crippen molar-refractivity contribution in [1.82, 2.24) is 0 Å². The molecule has 0 aromatic heterocycles. The van der Waals surface area contributed by atoms with Gasteiger partial charge in [-0.05, 0) is 24.3 Å². The van der Waals surface area contributed by atoms with E-state index in [0.29, 0.717) is 0 Å². The molecule has 1 fully saturated rings. The van der Waals surface area contributed by atoms with Crippen molar-refractivity contribution in [2.45, 2.75) is 25.8 Å². The van der Waals surface area contributed by atoms with Crippen LogP contribution in [0, 0.1) is 17.5 Å². The lowest BCUT2D eigenvalue weighted by molar-refractivity contribution is -0.222. The standard InChI is InChI=1S/C20H13F6NO5/c1-19(2)31-17(28)11(18(29)32-19)8-27-15-7-10(3-4-12(15)21)30-16-13(22)5-9(6-14(16)23)20(24,25)26/h3-8,27H,1-2H3. The summed E-state index contributed by atoms with van der Waals surface area (Å²) in [6.07, 6.45) is -4.18. The molecule has 0 radical (unpaired) electrons. The van der Waals surface area contributed by atoms with Gasteiger partial charge >= 0.3 is 18.1 Å². The Morgan fingerprint density at radius 1 is 0.938 bits per heavy atom. The van der Waals surface area contributed by atoms with Crippen LogP contribution in [0.25, 0.3) is 0 Å². The van der Waals surface area contributed by atoms with E-state index in [-0.39, 0.29) is 17.9 Å². The van der Waals surface area contributed by atoms with Gasteiger partial charge in [0.15, 0.2) is 23.0 Å². The Balaban J connectivity index is 1.84. The molecule has 0 atom stereocenters. The molecule has 0 saturated carbocycles. The van der Waals surface area contributed by atoms with Gasteiger partial charge in [-0.25, -0.2) is 22.8 Å². The van der Waals surface area contributed by atoms with Gasteiger partial charge in [-0.3, -0.25) is 0 Å². The summed E-state index contributed by atoms with van der Waals surface area (Å²) in [5.41, 5.74) is -2.54. The van der Waals surface area contributed by atoms with Gasteiger partial charge in [-0.2, -0.15) is 13.2 Å². The van der Waals surface area contributed by atoms with E-state index >= 15 is 0 Å². The predicted molar refractivity (Wildman–Crippen MR) is 95.8 cm³/mol. The molecule has 0 spiro atoms. The van der Waals surface area contributed by atoms with Crippen molar-refractivity contribution in [3.63, 3.8) is 0 Å². The average molecular weight is 461 g/mol. The molecule has 170 valence electrons. The quantitative estimate of drug-likeness (QED) is 0.298. The number of anilines is 1. The molecule has 0 bridgehead atoms. The van der Waals surface area contributed by atoms with Gasteiger partial charge in [0.25, 0.3) is 5.79 Å². The predicted octanol–water partition coefficient (Wildman–Crippen LogP) is 5.05. The third-order valence-corrected chi connectivity index (χ3v) is 3.97. The Hall–Kier alpha value is -3.70. The van der Waals surface area contributed by atoms with E-state index in [0.717, 1.165) is 24.4 Å². The zero-order chi connectivity index (χ0) is 23.8. The Morgan fingerprint density at radius 3 is 2.03 bits per heavy atom. The summed E-state index contributed by atoms with van der Waals surface area (Å²) in [7, 11) is 0. The summed E-state index contributed by atoms with van der Waals surface area (Å²) >= 11 is 0. The number of esters is 2. The minimum absolute atomic E-state index is 0.0489. The highest BCUT2D eigenvalue weighted by Gasteiger charge is 2.39. The Kier molecular flexibility index (Phi) is 5.81. The summed E-state index contributed by atoms with van der Waals surface area (Å²) in [5, 5.41) is 2.30. The molecule has 0 amide bonds. The van der Waals surface area contributed by atoms with Gasteiger partial charge < -0.3 is 19.5 Å². The van der Waals surface area contributed by atoms with E-state index in [4.69, 9.17) is 14.2 Å². The highest BCUT2D eigenvalue weighted by atomic mass is 19.4. The molecule has 0 aliphatic carbocycles. The van der Waals surface area contributed by atoms with Gasteiger partial charge in [0.2, 0.25) is 0 Å². The lowest BCUT2D eigenvalue weighted by atomic mass is 10.2. The van der Waals surface area contributed by atoms with E-state index in [2.05, 4.69) is 5.32 Å². The molecule has 1 aliphatic heterocycles. The molecule has 32 heavy (non-hydrogen) atoms. The van der Waals surface area contributed by atoms with Crippen molar-refractivity contribution in [1.29, 1.82) is 0 Å². The monoisotopic (exact) mass is 461 g/mol. The summed E-state index contributed by atoms with van der Waals surface area (Å²) in [6.45, 7) is 2.65. The van der Waals surface area contributed by atoms with Crippen molar-refractivity contribution in [2.24, 2.45) is 0 Å². The number of hydrogen-bond acceptors (Lipinski definition) is 6. The number of nitrogens with one attached hydrogen (secondary N) is 1. The van der Waals surface area contributed by atoms with Gasteiger partial charge in [0.05, 0.1) is 11.3 Å². The van der Waals surface area contributed by atoms with Crippen LogP contribution < -0.4 is 10.1 Å². The summed E-state index contributed by atoms with van der Waals surface area (Å²) < 4.78 is 94.6. The molecule has 3 rings (SSSR count). The molecular weight excluding hydrogens is 448 g/mol. The number of hydrogen-bond donors (Lipinski definition) is 1. The Labute approximate surface area is 176 Å². The number of carbonyl (C=O) groups is 2. The highest BCUT2D eigenvalue weighted by molar-refractivity contribution is 6.15. The van der Waals surface area contributed by atoms with Crippen molar-refractivity contribution in [3.8, 4) is 11.5 Å². The van der Waals surface area contributed by atoms with E-state index in [1.165, 1.54) is 13.8 Å². The number of alkyl halides is 3. The fraction of sp³-hybridized carbons (Fsp3) is 0.200. The van der Waals surface area contributed by atoms with Crippen molar-refractivity contribution >= 4 is 17.6 Å². The Morgan fingerprint density at radius 2 is 1.50 bits per heavy atom. The molecule has 1 aliphatic rings. The van der Waals surface area contributed by atoms with E-state index in [1.54, 1.807) is 0 Å². The van der Waals surface area contributed by atoms with Crippen molar-refractivity contribution < 1.29 is 50.1 Å². The summed E-state index contributed by atoms with van der Waals surface area (Å²) in [4.78, 5) is 23.8. The van der Waals surface area contributed by atoms with Crippen LogP contribution in [0.15, 0.2) is 42.1 Å². The van der Waals surface area contributed by atoms with Crippen molar-refractivity contribution in [3.05, 3.63) is 65.1 Å². The number of benzene rings is 2. The molecular formula is C20H13F6NO5. The number of cyclic esters (lactones) is 2. The maximum atomic E-state index is 14.1. The fourth-order valence-corrected chi connectivity index (χ4v) is 2.55. The number of halogens is 6. The zero-order valence-electron chi connectivity index (χ0n) is 16.3. The molecule has 6 nitrogen and oxygen atoms in total. The molecule has 2 aromatic carbocycles. The normalized spacial score (nSPS) is 15.7.